The number of carboxylic acids is 1. The lowest BCUT2D eigenvalue weighted by Gasteiger charge is -2.27. The van der Waals surface area contributed by atoms with Crippen LogP contribution in [0.25, 0.3) is 0 Å². The maximum Gasteiger partial charge on any atom is 0.317 e. The number of nitrogens with one attached hydrogen (secondary N) is 1. The van der Waals surface area contributed by atoms with E-state index in [1.807, 2.05) is 6.92 Å². The van der Waals surface area contributed by atoms with E-state index in [9.17, 15) is 9.59 Å². The molecule has 2 amide bonds. The average molecular weight is 283 g/mol. The molecule has 0 aliphatic heterocycles. The molecule has 1 aromatic heterocycles. The van der Waals surface area contributed by atoms with Crippen LogP contribution in [-0.2, 0) is 11.3 Å². The molecule has 1 atom stereocenters. The van der Waals surface area contributed by atoms with Crippen LogP contribution in [0, 0.1) is 0 Å². The largest absolute Gasteiger partial charge is 0.481 e. The van der Waals surface area contributed by atoms with E-state index in [0.29, 0.717) is 19.6 Å². The molecule has 0 aliphatic rings. The lowest BCUT2D eigenvalue weighted by molar-refractivity contribution is -0.138. The van der Waals surface area contributed by atoms with Crippen molar-refractivity contribution in [2.45, 2.75) is 39.3 Å². The molecule has 0 aliphatic carbocycles. The minimum absolute atomic E-state index is 0.0553. The quantitative estimate of drug-likeness (QED) is 0.679. The lowest BCUT2D eigenvalue weighted by Crippen LogP contribution is -2.46. The third-order valence-corrected chi connectivity index (χ3v) is 2.92. The SMILES string of the molecule is CCN(C(=O)NCCCn1ccnn1)C(C)CC(=O)O. The molecule has 2 N–H and O–H groups in total. The fourth-order valence-electron chi connectivity index (χ4n) is 1.91. The highest BCUT2D eigenvalue weighted by atomic mass is 16.4. The summed E-state index contributed by atoms with van der Waals surface area (Å²) in [6.45, 7) is 5.22. The van der Waals surface area contributed by atoms with Crippen LogP contribution >= 0.6 is 0 Å². The minimum atomic E-state index is -0.907. The van der Waals surface area contributed by atoms with Crippen molar-refractivity contribution >= 4 is 12.0 Å². The van der Waals surface area contributed by atoms with E-state index in [4.69, 9.17) is 5.11 Å². The first kappa shape index (κ1) is 15.9. The van der Waals surface area contributed by atoms with Gasteiger partial charge in [-0.25, -0.2) is 4.79 Å². The van der Waals surface area contributed by atoms with Gasteiger partial charge in [-0.05, 0) is 20.3 Å². The van der Waals surface area contributed by atoms with Crippen molar-refractivity contribution in [3.8, 4) is 0 Å². The Morgan fingerprint density at radius 3 is 2.80 bits per heavy atom. The van der Waals surface area contributed by atoms with Gasteiger partial charge >= 0.3 is 12.0 Å². The number of aromatic nitrogens is 3. The van der Waals surface area contributed by atoms with Gasteiger partial charge in [0.2, 0.25) is 0 Å². The third-order valence-electron chi connectivity index (χ3n) is 2.92. The van der Waals surface area contributed by atoms with E-state index in [1.54, 1.807) is 24.0 Å². The molecule has 1 unspecified atom stereocenters. The smallest absolute Gasteiger partial charge is 0.317 e. The lowest BCUT2D eigenvalue weighted by atomic mass is 10.2. The fourth-order valence-corrected chi connectivity index (χ4v) is 1.91. The zero-order chi connectivity index (χ0) is 15.0. The van der Waals surface area contributed by atoms with Crippen molar-refractivity contribution in [2.75, 3.05) is 13.1 Å². The number of carbonyl (C=O) groups excluding carboxylic acids is 1. The van der Waals surface area contributed by atoms with Crippen LogP contribution in [0.4, 0.5) is 4.79 Å². The number of nitrogens with zero attached hydrogens (tertiary/aromatic N) is 4. The first-order valence-corrected chi connectivity index (χ1v) is 6.65. The van der Waals surface area contributed by atoms with Gasteiger partial charge in [-0.3, -0.25) is 9.48 Å². The molecule has 0 bridgehead atoms. The Hall–Kier alpha value is -2.12. The molecular weight excluding hydrogens is 262 g/mol. The molecular formula is C12H21N5O3. The van der Waals surface area contributed by atoms with Gasteiger partial charge in [-0.15, -0.1) is 5.10 Å². The maximum atomic E-state index is 11.9. The van der Waals surface area contributed by atoms with E-state index in [0.717, 1.165) is 6.42 Å². The number of rotatable bonds is 8. The second-order valence-electron chi connectivity index (χ2n) is 4.48. The molecule has 8 nitrogen and oxygen atoms in total. The predicted octanol–water partition coefficient (Wildman–Crippen LogP) is 0.563. The number of hydrogen-bond acceptors (Lipinski definition) is 4. The first-order chi connectivity index (χ1) is 9.54. The van der Waals surface area contributed by atoms with Crippen molar-refractivity contribution in [1.29, 1.82) is 0 Å². The number of urea groups is 1. The van der Waals surface area contributed by atoms with E-state index in [-0.39, 0.29) is 18.5 Å². The number of carboxylic acid groups (broad SMARTS) is 1. The average Bonchev–Trinajstić information content (AvgIpc) is 2.87. The molecule has 0 saturated heterocycles. The second-order valence-corrected chi connectivity index (χ2v) is 4.48. The van der Waals surface area contributed by atoms with Crippen molar-refractivity contribution in [2.24, 2.45) is 0 Å². The zero-order valence-corrected chi connectivity index (χ0v) is 11.8. The van der Waals surface area contributed by atoms with Crippen LogP contribution in [-0.4, -0.2) is 56.1 Å². The molecule has 0 fully saturated rings. The Kier molecular flexibility index (Phi) is 6.48. The summed E-state index contributed by atoms with van der Waals surface area (Å²) >= 11 is 0. The summed E-state index contributed by atoms with van der Waals surface area (Å²) in [6, 6.07) is -0.562. The number of aryl methyl sites for hydroxylation is 1. The van der Waals surface area contributed by atoms with Gasteiger partial charge in [0.05, 0.1) is 12.6 Å². The van der Waals surface area contributed by atoms with Crippen molar-refractivity contribution in [3.05, 3.63) is 12.4 Å². The van der Waals surface area contributed by atoms with E-state index in [2.05, 4.69) is 15.6 Å². The summed E-state index contributed by atoms with van der Waals surface area (Å²) in [4.78, 5) is 24.1. The normalized spacial score (nSPS) is 11.9. The van der Waals surface area contributed by atoms with Gasteiger partial charge in [0, 0.05) is 31.9 Å². The summed E-state index contributed by atoms with van der Waals surface area (Å²) in [6.07, 6.45) is 4.04. The topological polar surface area (TPSA) is 100 Å². The van der Waals surface area contributed by atoms with Gasteiger partial charge in [0.25, 0.3) is 0 Å². The maximum absolute atomic E-state index is 11.9. The number of amides is 2. The predicted molar refractivity (Wildman–Crippen MR) is 72.1 cm³/mol. The van der Waals surface area contributed by atoms with Crippen molar-refractivity contribution in [3.63, 3.8) is 0 Å². The Balaban J connectivity index is 2.30. The van der Waals surface area contributed by atoms with Gasteiger partial charge < -0.3 is 15.3 Å². The van der Waals surface area contributed by atoms with Crippen LogP contribution in [0.15, 0.2) is 12.4 Å². The first-order valence-electron chi connectivity index (χ1n) is 6.65. The highest BCUT2D eigenvalue weighted by molar-refractivity contribution is 5.75. The molecule has 20 heavy (non-hydrogen) atoms. The molecule has 0 spiro atoms. The Morgan fingerprint density at radius 2 is 2.25 bits per heavy atom. The monoisotopic (exact) mass is 283 g/mol. The summed E-state index contributed by atoms with van der Waals surface area (Å²) < 4.78 is 1.69. The van der Waals surface area contributed by atoms with Crippen LogP contribution in [0.3, 0.4) is 0 Å². The Morgan fingerprint density at radius 1 is 1.50 bits per heavy atom. The standard InChI is InChI=1S/C12H21N5O3/c1-3-17(10(2)9-11(18)19)12(20)13-5-4-7-16-8-6-14-15-16/h6,8,10H,3-5,7,9H2,1-2H3,(H,13,20)(H,18,19). The number of hydrogen-bond donors (Lipinski definition) is 2. The molecule has 112 valence electrons. The Labute approximate surface area is 117 Å². The molecule has 1 aromatic rings. The third kappa shape index (κ3) is 5.25. The molecule has 1 heterocycles. The van der Waals surface area contributed by atoms with Crippen LogP contribution < -0.4 is 5.32 Å². The Bertz CT molecular complexity index is 421. The van der Waals surface area contributed by atoms with Crippen molar-refractivity contribution < 1.29 is 14.7 Å². The van der Waals surface area contributed by atoms with Crippen LogP contribution in [0.5, 0.6) is 0 Å². The van der Waals surface area contributed by atoms with E-state index in [1.165, 1.54) is 4.90 Å². The fraction of sp³-hybridized carbons (Fsp3) is 0.667. The highest BCUT2D eigenvalue weighted by Gasteiger charge is 2.20. The summed E-state index contributed by atoms with van der Waals surface area (Å²) in [5, 5.41) is 19.1. The molecule has 0 saturated carbocycles. The molecule has 0 aromatic carbocycles. The minimum Gasteiger partial charge on any atom is -0.481 e. The molecule has 0 radical (unpaired) electrons. The molecule has 1 rings (SSSR count). The summed E-state index contributed by atoms with van der Waals surface area (Å²) in [7, 11) is 0. The summed E-state index contributed by atoms with van der Waals surface area (Å²) in [5.41, 5.74) is 0. The van der Waals surface area contributed by atoms with Crippen molar-refractivity contribution in [1.82, 2.24) is 25.2 Å². The zero-order valence-electron chi connectivity index (χ0n) is 11.8. The number of aliphatic carboxylic acids is 1. The number of carbonyl (C=O) groups is 2. The van der Waals surface area contributed by atoms with E-state index < -0.39 is 5.97 Å². The highest BCUT2D eigenvalue weighted by Crippen LogP contribution is 2.04. The van der Waals surface area contributed by atoms with Gasteiger partial charge in [-0.2, -0.15) is 0 Å². The van der Waals surface area contributed by atoms with Gasteiger partial charge in [0.15, 0.2) is 0 Å². The van der Waals surface area contributed by atoms with Crippen LogP contribution in [0.1, 0.15) is 26.7 Å². The second kappa shape index (κ2) is 8.13. The molecule has 8 heteroatoms. The van der Waals surface area contributed by atoms with Gasteiger partial charge in [0.1, 0.15) is 0 Å². The van der Waals surface area contributed by atoms with E-state index >= 15 is 0 Å². The van der Waals surface area contributed by atoms with Gasteiger partial charge in [-0.1, -0.05) is 5.21 Å². The van der Waals surface area contributed by atoms with Crippen LogP contribution in [0.2, 0.25) is 0 Å². The summed E-state index contributed by atoms with van der Waals surface area (Å²) in [5.74, 6) is -0.907.